The fraction of sp³-hybridized carbons (Fsp3) is 0.619. The van der Waals surface area contributed by atoms with Crippen LogP contribution in [0, 0.1) is 0 Å². The van der Waals surface area contributed by atoms with Crippen LogP contribution in [0.15, 0.2) is 18.2 Å². The second kappa shape index (κ2) is 15.6. The molecule has 0 aliphatic carbocycles. The Morgan fingerprint density at radius 1 is 1.03 bits per heavy atom. The maximum atomic E-state index is 11.4. The first-order chi connectivity index (χ1) is 17.6. The molecule has 0 aromatic heterocycles. The lowest BCUT2D eigenvalue weighted by Crippen LogP contribution is -2.61. The van der Waals surface area contributed by atoms with Crippen LogP contribution >= 0.6 is 0 Å². The van der Waals surface area contributed by atoms with Gasteiger partial charge in [0.25, 0.3) is 0 Å². The number of carbonyl (C=O) groups is 2. The third kappa shape index (κ3) is 9.63. The van der Waals surface area contributed by atoms with Gasteiger partial charge in [-0.05, 0) is 17.7 Å². The van der Waals surface area contributed by atoms with Crippen molar-refractivity contribution in [2.24, 2.45) is 11.6 Å². The molecular weight excluding hydrogens is 502 g/mol. The lowest BCUT2D eigenvalue weighted by atomic mass is 9.99. The van der Waals surface area contributed by atoms with Crippen LogP contribution in [0.2, 0.25) is 0 Å². The fourth-order valence-electron chi connectivity index (χ4n) is 3.24. The van der Waals surface area contributed by atoms with Gasteiger partial charge >= 0.3 is 12.1 Å². The van der Waals surface area contributed by atoms with E-state index in [0.717, 1.165) is 0 Å². The van der Waals surface area contributed by atoms with Crippen LogP contribution in [-0.4, -0.2) is 108 Å². The smallest absolute Gasteiger partial charge is 0.404 e. The first-order valence-electron chi connectivity index (χ1n) is 11.2. The summed E-state index contributed by atoms with van der Waals surface area (Å²) in [7, 11) is 0. The molecule has 1 heterocycles. The molecule has 2 rings (SSSR count). The zero-order chi connectivity index (χ0) is 27.4. The molecule has 16 nitrogen and oxygen atoms in total. The van der Waals surface area contributed by atoms with Gasteiger partial charge in [-0.2, -0.15) is 0 Å². The number of hydrogen-bond donors (Lipinski definition) is 8. The highest BCUT2D eigenvalue weighted by Crippen LogP contribution is 2.30. The summed E-state index contributed by atoms with van der Waals surface area (Å²) in [5.41, 5.74) is 5.50. The van der Waals surface area contributed by atoms with Crippen molar-refractivity contribution in [3.05, 3.63) is 29.3 Å². The summed E-state index contributed by atoms with van der Waals surface area (Å²) < 4.78 is 26.0. The zero-order valence-corrected chi connectivity index (χ0v) is 19.8. The molecule has 0 bridgehead atoms. The van der Waals surface area contributed by atoms with Crippen molar-refractivity contribution in [1.82, 2.24) is 5.32 Å². The minimum atomic E-state index is -1.90. The number of rotatable bonds is 16. The van der Waals surface area contributed by atoms with E-state index in [4.69, 9.17) is 35.3 Å². The number of carboxylic acids is 1. The van der Waals surface area contributed by atoms with Crippen LogP contribution in [-0.2, 0) is 35.2 Å². The maximum absolute atomic E-state index is 11.4. The summed E-state index contributed by atoms with van der Waals surface area (Å²) in [6.45, 7) is 1.33. The summed E-state index contributed by atoms with van der Waals surface area (Å²) in [5.74, 6) is 3.24. The van der Waals surface area contributed by atoms with Crippen molar-refractivity contribution >= 4 is 12.1 Å². The normalized spacial score (nSPS) is 24.4. The third-order valence-corrected chi connectivity index (χ3v) is 5.11. The fourth-order valence-corrected chi connectivity index (χ4v) is 3.24. The molecule has 1 unspecified atom stereocenters. The summed E-state index contributed by atoms with van der Waals surface area (Å²) in [6, 6.07) is 4.23. The molecule has 0 spiro atoms. The van der Waals surface area contributed by atoms with Crippen LogP contribution < -0.4 is 21.7 Å². The summed E-state index contributed by atoms with van der Waals surface area (Å²) in [4.78, 5) is 26.7. The Balaban J connectivity index is 2.06. The number of benzene rings is 1. The van der Waals surface area contributed by atoms with Crippen molar-refractivity contribution < 1.29 is 63.6 Å². The molecule has 1 aliphatic rings. The Hall–Kier alpha value is -2.64. The quantitative estimate of drug-likeness (QED) is 0.0598. The van der Waals surface area contributed by atoms with Crippen LogP contribution in [0.1, 0.15) is 17.4 Å². The highest BCUT2D eigenvalue weighted by Gasteiger charge is 2.48. The van der Waals surface area contributed by atoms with Crippen LogP contribution in [0.3, 0.4) is 0 Å². The standard InChI is InChI=1S/C21H33N3O13/c22-21(31)34-10-11-1-2-13(36-20-16(27)14(25)15(26)17(37-20)19(29)30)12(9-11)18(28)24-3-4-32-5-6-33-7-8-35-23/h1-2,9,14-18,20,24-28H,3-8,10,23H2,(H2,22,31)(H,29,30)/t14-,15-,16+,17-,18?,20+/m0/s1. The molecule has 210 valence electrons. The second-order valence-corrected chi connectivity index (χ2v) is 7.79. The van der Waals surface area contributed by atoms with Crippen molar-refractivity contribution in [3.8, 4) is 5.75 Å². The molecule has 1 amide bonds. The van der Waals surface area contributed by atoms with E-state index in [2.05, 4.69) is 10.2 Å². The number of hydrogen-bond acceptors (Lipinski definition) is 14. The lowest BCUT2D eigenvalue weighted by Gasteiger charge is -2.38. The molecule has 6 atom stereocenters. The van der Waals surface area contributed by atoms with Gasteiger partial charge in [0, 0.05) is 12.1 Å². The van der Waals surface area contributed by atoms with E-state index in [-0.39, 0.29) is 44.3 Å². The molecular formula is C21H33N3O13. The van der Waals surface area contributed by atoms with E-state index in [1.165, 1.54) is 18.2 Å². The molecule has 1 aliphatic heterocycles. The Kier molecular flexibility index (Phi) is 12.9. The number of aliphatic hydroxyl groups is 4. The predicted octanol–water partition coefficient (Wildman–Crippen LogP) is -2.94. The third-order valence-electron chi connectivity index (χ3n) is 5.11. The Labute approximate surface area is 211 Å². The van der Waals surface area contributed by atoms with Crippen molar-refractivity contribution in [1.29, 1.82) is 0 Å². The van der Waals surface area contributed by atoms with E-state index >= 15 is 0 Å². The monoisotopic (exact) mass is 535 g/mol. The second-order valence-electron chi connectivity index (χ2n) is 7.79. The summed E-state index contributed by atoms with van der Waals surface area (Å²) in [6.07, 6.45) is -11.5. The average Bonchev–Trinajstić information content (AvgIpc) is 2.86. The maximum Gasteiger partial charge on any atom is 0.404 e. The number of primary amides is 1. The van der Waals surface area contributed by atoms with Crippen molar-refractivity contribution in [3.63, 3.8) is 0 Å². The zero-order valence-electron chi connectivity index (χ0n) is 19.8. The molecule has 16 heteroatoms. The van der Waals surface area contributed by atoms with E-state index in [1.54, 1.807) is 0 Å². The van der Waals surface area contributed by atoms with Gasteiger partial charge in [0.2, 0.25) is 6.29 Å². The highest BCUT2D eigenvalue weighted by molar-refractivity contribution is 5.73. The predicted molar refractivity (Wildman–Crippen MR) is 120 cm³/mol. The molecule has 0 saturated carbocycles. The van der Waals surface area contributed by atoms with E-state index < -0.39 is 49.0 Å². The van der Waals surface area contributed by atoms with Crippen LogP contribution in [0.5, 0.6) is 5.75 Å². The van der Waals surface area contributed by atoms with Gasteiger partial charge in [-0.15, -0.1) is 0 Å². The van der Waals surface area contributed by atoms with Crippen molar-refractivity contribution in [2.75, 3.05) is 39.6 Å². The number of amides is 1. The van der Waals surface area contributed by atoms with Gasteiger partial charge < -0.3 is 59.8 Å². The molecule has 1 aromatic rings. The van der Waals surface area contributed by atoms with Gasteiger partial charge in [0.15, 0.2) is 6.10 Å². The van der Waals surface area contributed by atoms with Gasteiger partial charge in [-0.25, -0.2) is 15.5 Å². The van der Waals surface area contributed by atoms with Gasteiger partial charge in [0.1, 0.15) is 36.9 Å². The van der Waals surface area contributed by atoms with E-state index in [9.17, 15) is 35.1 Å². The van der Waals surface area contributed by atoms with E-state index in [1.807, 2.05) is 0 Å². The molecule has 37 heavy (non-hydrogen) atoms. The number of aliphatic carboxylic acids is 1. The topological polar surface area (TPSA) is 255 Å². The Bertz CT molecular complexity index is 861. The number of nitrogens with one attached hydrogen (secondary N) is 1. The van der Waals surface area contributed by atoms with Crippen LogP contribution in [0.25, 0.3) is 0 Å². The van der Waals surface area contributed by atoms with Gasteiger partial charge in [0.05, 0.1) is 33.0 Å². The average molecular weight is 536 g/mol. The number of nitrogens with two attached hydrogens (primary N) is 2. The summed E-state index contributed by atoms with van der Waals surface area (Å²) >= 11 is 0. The molecule has 1 fully saturated rings. The van der Waals surface area contributed by atoms with E-state index in [0.29, 0.717) is 18.8 Å². The molecule has 1 aromatic carbocycles. The van der Waals surface area contributed by atoms with Crippen molar-refractivity contribution in [2.45, 2.75) is 43.5 Å². The molecule has 10 N–H and O–H groups in total. The highest BCUT2D eigenvalue weighted by atomic mass is 16.7. The van der Waals surface area contributed by atoms with Crippen LogP contribution in [0.4, 0.5) is 4.79 Å². The number of carbonyl (C=O) groups excluding carboxylic acids is 1. The number of carboxylic acid groups (broad SMARTS) is 1. The van der Waals surface area contributed by atoms with Gasteiger partial charge in [-0.1, -0.05) is 6.07 Å². The molecule has 1 saturated heterocycles. The number of ether oxygens (including phenoxy) is 5. The Morgan fingerprint density at radius 3 is 2.35 bits per heavy atom. The largest absolute Gasteiger partial charge is 0.479 e. The SMILES string of the molecule is NOCCOCCOCCNC(O)c1cc(COC(N)=O)ccc1O[C@@H]1O[C@H](C(=O)O)[C@@H](O)[C@H](O)[C@H]1O. The Morgan fingerprint density at radius 2 is 1.70 bits per heavy atom. The minimum absolute atomic E-state index is 0.0592. The van der Waals surface area contributed by atoms with Gasteiger partial charge in [-0.3, -0.25) is 5.32 Å². The lowest BCUT2D eigenvalue weighted by molar-refractivity contribution is -0.271. The summed E-state index contributed by atoms with van der Waals surface area (Å²) in [5, 5.41) is 52.9. The minimum Gasteiger partial charge on any atom is -0.479 e. The first kappa shape index (κ1) is 30.6. The molecule has 0 radical (unpaired) electrons. The number of aliphatic hydroxyl groups excluding tert-OH is 4. The first-order valence-corrected chi connectivity index (χ1v) is 11.2.